The molecule has 1 atom stereocenters. The molecule has 0 radical (unpaired) electrons. The summed E-state index contributed by atoms with van der Waals surface area (Å²) in [7, 11) is 1.79. The molecule has 0 N–H and O–H groups in total. The number of rotatable bonds is 5. The van der Waals surface area contributed by atoms with Gasteiger partial charge in [-0.05, 0) is 17.6 Å². The summed E-state index contributed by atoms with van der Waals surface area (Å²) in [5, 5.41) is 0. The predicted octanol–water partition coefficient (Wildman–Crippen LogP) is 4.04. The highest BCUT2D eigenvalue weighted by molar-refractivity contribution is 5.72. The molecular weight excluding hydrogens is 206 g/mol. The zero-order valence-electron chi connectivity index (χ0n) is 10.3. The van der Waals surface area contributed by atoms with Gasteiger partial charge in [-0.25, -0.2) is 0 Å². The smallest absolute Gasteiger partial charge is 0.0438 e. The summed E-state index contributed by atoms with van der Waals surface area (Å²) in [4.78, 5) is 4.15. The molecule has 0 heterocycles. The third-order valence-electron chi connectivity index (χ3n) is 2.57. The molecule has 0 amide bonds. The van der Waals surface area contributed by atoms with Gasteiger partial charge in [-0.3, -0.25) is 4.99 Å². The number of hydrogen-bond donors (Lipinski definition) is 0. The lowest BCUT2D eigenvalue weighted by Gasteiger charge is -2.14. The lowest BCUT2D eigenvalue weighted by molar-refractivity contribution is 1.03. The Kier molecular flexibility index (Phi) is 5.73. The molecule has 1 aliphatic carbocycles. The standard InChI is InChI=1S/C16H19N/c1-4-10-14(5-2)16(13-17-3)15-11-8-6-7-9-12-15/h4-6,8-13,16H,1-2,7H2,3H3/b14-10+,17-13?. The van der Waals surface area contributed by atoms with Crippen LogP contribution in [0, 0.1) is 5.92 Å². The first kappa shape index (κ1) is 13.2. The van der Waals surface area contributed by atoms with Gasteiger partial charge in [-0.1, -0.05) is 61.8 Å². The highest BCUT2D eigenvalue weighted by Gasteiger charge is 2.12. The lowest BCUT2D eigenvalue weighted by Crippen LogP contribution is -2.07. The van der Waals surface area contributed by atoms with E-state index in [-0.39, 0.29) is 5.92 Å². The van der Waals surface area contributed by atoms with E-state index in [1.165, 1.54) is 5.57 Å². The molecule has 1 heteroatoms. The summed E-state index contributed by atoms with van der Waals surface area (Å²) in [5.74, 6) is 0.148. The van der Waals surface area contributed by atoms with Gasteiger partial charge >= 0.3 is 0 Å². The molecule has 0 aliphatic heterocycles. The topological polar surface area (TPSA) is 12.4 Å². The number of allylic oxidation sites excluding steroid dienone is 10. The van der Waals surface area contributed by atoms with Crippen LogP contribution in [0.15, 0.2) is 77.9 Å². The maximum atomic E-state index is 4.15. The van der Waals surface area contributed by atoms with Crippen molar-refractivity contribution in [2.75, 3.05) is 7.05 Å². The molecule has 0 bridgehead atoms. The molecule has 0 aromatic rings. The fourth-order valence-corrected chi connectivity index (χ4v) is 1.75. The van der Waals surface area contributed by atoms with Crippen LogP contribution in [0.4, 0.5) is 0 Å². The molecule has 0 aromatic heterocycles. The fraction of sp³-hybridized carbons (Fsp3) is 0.188. The van der Waals surface area contributed by atoms with Crippen LogP contribution >= 0.6 is 0 Å². The van der Waals surface area contributed by atoms with Crippen LogP contribution in [0.1, 0.15) is 6.42 Å². The zero-order valence-corrected chi connectivity index (χ0v) is 10.3. The van der Waals surface area contributed by atoms with Crippen molar-refractivity contribution < 1.29 is 0 Å². The maximum Gasteiger partial charge on any atom is 0.0438 e. The molecule has 1 unspecified atom stereocenters. The molecule has 0 saturated heterocycles. The van der Waals surface area contributed by atoms with Crippen molar-refractivity contribution in [3.8, 4) is 0 Å². The van der Waals surface area contributed by atoms with Crippen molar-refractivity contribution in [2.24, 2.45) is 10.9 Å². The van der Waals surface area contributed by atoms with E-state index in [1.54, 1.807) is 13.1 Å². The van der Waals surface area contributed by atoms with Crippen LogP contribution in [0.2, 0.25) is 0 Å². The molecule has 1 aliphatic rings. The van der Waals surface area contributed by atoms with Gasteiger partial charge in [0.1, 0.15) is 0 Å². The second-order valence-corrected chi connectivity index (χ2v) is 3.72. The van der Waals surface area contributed by atoms with Gasteiger partial charge < -0.3 is 0 Å². The Balaban J connectivity index is 3.11. The van der Waals surface area contributed by atoms with Crippen LogP contribution in [0.5, 0.6) is 0 Å². The first-order valence-corrected chi connectivity index (χ1v) is 5.74. The first-order valence-electron chi connectivity index (χ1n) is 5.74. The van der Waals surface area contributed by atoms with E-state index >= 15 is 0 Å². The van der Waals surface area contributed by atoms with Crippen molar-refractivity contribution in [2.45, 2.75) is 6.42 Å². The average Bonchev–Trinajstić information content (AvgIpc) is 2.62. The third-order valence-corrected chi connectivity index (χ3v) is 2.57. The van der Waals surface area contributed by atoms with Crippen molar-refractivity contribution >= 4 is 6.21 Å². The highest BCUT2D eigenvalue weighted by Crippen LogP contribution is 2.22. The SMILES string of the molecule is C=C/C=C(\C=C)C(C=NC)C1=CC=CCC=C1. The van der Waals surface area contributed by atoms with Crippen LogP contribution in [-0.2, 0) is 0 Å². The van der Waals surface area contributed by atoms with Crippen molar-refractivity contribution in [1.29, 1.82) is 0 Å². The van der Waals surface area contributed by atoms with Crippen molar-refractivity contribution in [3.05, 3.63) is 72.9 Å². The van der Waals surface area contributed by atoms with E-state index < -0.39 is 0 Å². The summed E-state index contributed by atoms with van der Waals surface area (Å²) in [5.41, 5.74) is 2.33. The molecular formula is C16H19N. The summed E-state index contributed by atoms with van der Waals surface area (Å²) in [6.45, 7) is 7.59. The normalized spacial score (nSPS) is 17.7. The van der Waals surface area contributed by atoms with Crippen LogP contribution in [-0.4, -0.2) is 13.3 Å². The van der Waals surface area contributed by atoms with E-state index in [0.717, 1.165) is 12.0 Å². The minimum Gasteiger partial charge on any atom is -0.300 e. The van der Waals surface area contributed by atoms with Crippen LogP contribution in [0.25, 0.3) is 0 Å². The van der Waals surface area contributed by atoms with Gasteiger partial charge in [-0.15, -0.1) is 0 Å². The van der Waals surface area contributed by atoms with Gasteiger partial charge in [-0.2, -0.15) is 0 Å². The predicted molar refractivity (Wildman–Crippen MR) is 77.4 cm³/mol. The number of hydrogen-bond acceptors (Lipinski definition) is 1. The summed E-state index contributed by atoms with van der Waals surface area (Å²) < 4.78 is 0. The first-order chi connectivity index (χ1) is 8.33. The summed E-state index contributed by atoms with van der Waals surface area (Å²) in [6, 6.07) is 0. The van der Waals surface area contributed by atoms with E-state index in [9.17, 15) is 0 Å². The van der Waals surface area contributed by atoms with Gasteiger partial charge in [0.05, 0.1) is 0 Å². The minimum atomic E-state index is 0.148. The van der Waals surface area contributed by atoms with E-state index in [2.05, 4.69) is 48.5 Å². The number of nitrogens with zero attached hydrogens (tertiary/aromatic N) is 1. The molecule has 0 aromatic carbocycles. The van der Waals surface area contributed by atoms with Crippen LogP contribution < -0.4 is 0 Å². The van der Waals surface area contributed by atoms with Crippen molar-refractivity contribution in [1.82, 2.24) is 0 Å². The Morgan fingerprint density at radius 1 is 1.41 bits per heavy atom. The van der Waals surface area contributed by atoms with Gasteiger partial charge in [0.15, 0.2) is 0 Å². The summed E-state index contributed by atoms with van der Waals surface area (Å²) >= 11 is 0. The maximum absolute atomic E-state index is 4.15. The molecule has 1 nitrogen and oxygen atoms in total. The molecule has 0 saturated carbocycles. The molecule has 0 spiro atoms. The monoisotopic (exact) mass is 225 g/mol. The van der Waals surface area contributed by atoms with E-state index in [0.29, 0.717) is 0 Å². The average molecular weight is 225 g/mol. The quantitative estimate of drug-likeness (QED) is 0.494. The zero-order chi connectivity index (χ0) is 12.5. The van der Waals surface area contributed by atoms with E-state index in [1.807, 2.05) is 18.4 Å². The molecule has 88 valence electrons. The Morgan fingerprint density at radius 2 is 2.24 bits per heavy atom. The Morgan fingerprint density at radius 3 is 2.88 bits per heavy atom. The Hall–Kier alpha value is -1.89. The van der Waals surface area contributed by atoms with Gasteiger partial charge in [0.2, 0.25) is 0 Å². The van der Waals surface area contributed by atoms with Crippen molar-refractivity contribution in [3.63, 3.8) is 0 Å². The van der Waals surface area contributed by atoms with Gasteiger partial charge in [0, 0.05) is 19.2 Å². The minimum absolute atomic E-state index is 0.148. The molecule has 0 fully saturated rings. The molecule has 1 rings (SSSR count). The second kappa shape index (κ2) is 7.39. The Labute approximate surface area is 104 Å². The van der Waals surface area contributed by atoms with Gasteiger partial charge in [0.25, 0.3) is 0 Å². The second-order valence-electron chi connectivity index (χ2n) is 3.72. The van der Waals surface area contributed by atoms with E-state index in [4.69, 9.17) is 0 Å². The summed E-state index contributed by atoms with van der Waals surface area (Å²) in [6.07, 6.45) is 19.2. The van der Waals surface area contributed by atoms with Crippen LogP contribution in [0.3, 0.4) is 0 Å². The third kappa shape index (κ3) is 3.87. The molecule has 17 heavy (non-hydrogen) atoms. The largest absolute Gasteiger partial charge is 0.300 e. The lowest BCUT2D eigenvalue weighted by atomic mass is 9.90. The Bertz CT molecular complexity index is 417. The highest BCUT2D eigenvalue weighted by atomic mass is 14.6. The fourth-order valence-electron chi connectivity index (χ4n) is 1.75. The number of aliphatic imine (C=N–C) groups is 1.